The molecule has 1 N–H and O–H groups in total. The average Bonchev–Trinajstić information content (AvgIpc) is 3.74. The van der Waals surface area contributed by atoms with Crippen LogP contribution in [-0.2, 0) is 23.7 Å². The minimum absolute atomic E-state index is 0.0292. The Morgan fingerprint density at radius 2 is 1.56 bits per heavy atom. The SMILES string of the molecule is CCCCc1ccc(N(C2=CC=C(C)CC2)c2cc(-c3c(Nc4cc(C(C)(C)CCC(C)(C)C)ccc4C)ccc4c5c(sc34)C=CCC5)c3c(c2)N2c4ccccc4C(C)(C)c4cccc(c42)B3)cc1. The van der Waals surface area contributed by atoms with Gasteiger partial charge in [0.25, 0.3) is 0 Å². The molecule has 11 rings (SSSR count). The number of fused-ring (bicyclic) bond motifs is 7. The van der Waals surface area contributed by atoms with E-state index in [9.17, 15) is 0 Å². The predicted molar refractivity (Wildman–Crippen MR) is 312 cm³/mol. The summed E-state index contributed by atoms with van der Waals surface area (Å²) in [6.45, 7) is 23.6. The summed E-state index contributed by atoms with van der Waals surface area (Å²) in [5, 5.41) is 5.60. The molecule has 71 heavy (non-hydrogen) atoms. The zero-order valence-electron chi connectivity index (χ0n) is 44.1. The molecule has 360 valence electrons. The molecule has 0 saturated carbocycles. The summed E-state index contributed by atoms with van der Waals surface area (Å²) >= 11 is 1.98. The number of hydrogen-bond acceptors (Lipinski definition) is 4. The van der Waals surface area contributed by atoms with Crippen molar-refractivity contribution in [3.63, 3.8) is 0 Å². The second kappa shape index (κ2) is 18.2. The number of hydrogen-bond donors (Lipinski definition) is 1. The van der Waals surface area contributed by atoms with Crippen LogP contribution in [-0.4, -0.2) is 7.28 Å². The molecule has 0 spiro atoms. The lowest BCUT2D eigenvalue weighted by Gasteiger charge is -2.46. The van der Waals surface area contributed by atoms with Crippen LogP contribution < -0.4 is 26.0 Å². The zero-order valence-corrected chi connectivity index (χ0v) is 44.9. The summed E-state index contributed by atoms with van der Waals surface area (Å²) in [4.78, 5) is 6.65. The summed E-state index contributed by atoms with van der Waals surface area (Å²) in [6, 6.07) is 43.0. The normalized spacial score (nSPS) is 15.5. The third-order valence-corrected chi connectivity index (χ3v) is 17.7. The fourth-order valence-electron chi connectivity index (χ4n) is 11.9. The van der Waals surface area contributed by atoms with Crippen LogP contribution in [0.2, 0.25) is 0 Å². The summed E-state index contributed by atoms with van der Waals surface area (Å²) in [5.74, 6) is 0. The molecule has 6 aromatic carbocycles. The molecule has 3 heterocycles. The van der Waals surface area contributed by atoms with Gasteiger partial charge in [0.15, 0.2) is 7.28 Å². The number of rotatable bonds is 12. The monoisotopic (exact) mass is 950 g/mol. The molecule has 0 fully saturated rings. The Kier molecular flexibility index (Phi) is 12.1. The third-order valence-electron chi connectivity index (χ3n) is 16.4. The summed E-state index contributed by atoms with van der Waals surface area (Å²) in [5.41, 5.74) is 25.2. The van der Waals surface area contributed by atoms with Crippen molar-refractivity contribution in [1.82, 2.24) is 0 Å². The van der Waals surface area contributed by atoms with Gasteiger partial charge in [-0.1, -0.05) is 152 Å². The van der Waals surface area contributed by atoms with Crippen molar-refractivity contribution < 1.29 is 0 Å². The maximum atomic E-state index is 4.21. The van der Waals surface area contributed by atoms with E-state index in [1.54, 1.807) is 0 Å². The Hall–Kier alpha value is -6.04. The number of thiophene rings is 1. The number of unbranched alkanes of at least 4 members (excludes halogenated alkanes) is 1. The number of benzene rings is 6. The van der Waals surface area contributed by atoms with Crippen molar-refractivity contribution >= 4 is 85.5 Å². The van der Waals surface area contributed by atoms with E-state index in [-0.39, 0.29) is 16.2 Å². The van der Waals surface area contributed by atoms with E-state index in [0.717, 1.165) is 51.5 Å². The number of nitrogens with zero attached hydrogens (tertiary/aromatic N) is 2. The molecule has 4 aliphatic rings. The molecular weight excluding hydrogens is 878 g/mol. The maximum Gasteiger partial charge on any atom is 0.198 e. The van der Waals surface area contributed by atoms with Crippen LogP contribution in [0.5, 0.6) is 0 Å². The molecule has 0 atom stereocenters. The van der Waals surface area contributed by atoms with Gasteiger partial charge in [-0.3, -0.25) is 0 Å². The summed E-state index contributed by atoms with van der Waals surface area (Å²) in [7, 11) is 0.844. The van der Waals surface area contributed by atoms with Crippen LogP contribution >= 0.6 is 11.3 Å². The molecule has 5 heteroatoms. The highest BCUT2D eigenvalue weighted by atomic mass is 32.1. The van der Waals surface area contributed by atoms with Crippen molar-refractivity contribution in [2.24, 2.45) is 5.41 Å². The molecule has 2 aliphatic heterocycles. The van der Waals surface area contributed by atoms with E-state index in [0.29, 0.717) is 0 Å². The molecule has 3 nitrogen and oxygen atoms in total. The molecular formula is C66H72BN3S. The van der Waals surface area contributed by atoms with Gasteiger partial charge < -0.3 is 15.1 Å². The molecule has 7 aromatic rings. The first-order valence-electron chi connectivity index (χ1n) is 26.7. The Morgan fingerprint density at radius 3 is 2.34 bits per heavy atom. The first-order chi connectivity index (χ1) is 34.1. The van der Waals surface area contributed by atoms with Crippen molar-refractivity contribution in [3.05, 3.63) is 177 Å². The lowest BCUT2D eigenvalue weighted by molar-refractivity contribution is 0.315. The van der Waals surface area contributed by atoms with Gasteiger partial charge in [0, 0.05) is 60.4 Å². The van der Waals surface area contributed by atoms with Crippen LogP contribution in [0, 0.1) is 12.3 Å². The van der Waals surface area contributed by atoms with E-state index in [1.807, 2.05) is 11.3 Å². The predicted octanol–water partition coefficient (Wildman–Crippen LogP) is 17.6. The van der Waals surface area contributed by atoms with Gasteiger partial charge in [-0.2, -0.15) is 0 Å². The Balaban J connectivity index is 1.19. The molecule has 2 aliphatic carbocycles. The number of nitrogens with one attached hydrogen (secondary N) is 1. The average molecular weight is 950 g/mol. The van der Waals surface area contributed by atoms with Crippen molar-refractivity contribution in [3.8, 4) is 11.1 Å². The smallest absolute Gasteiger partial charge is 0.198 e. The van der Waals surface area contributed by atoms with E-state index in [2.05, 4.69) is 218 Å². The second-order valence-electron chi connectivity index (χ2n) is 23.6. The highest BCUT2D eigenvalue weighted by Gasteiger charge is 2.42. The minimum Gasteiger partial charge on any atom is -0.355 e. The van der Waals surface area contributed by atoms with Crippen molar-refractivity contribution in [1.29, 1.82) is 0 Å². The molecule has 1 aromatic heterocycles. The van der Waals surface area contributed by atoms with Gasteiger partial charge in [0.1, 0.15) is 0 Å². The lowest BCUT2D eigenvalue weighted by atomic mass is 9.56. The molecule has 0 bridgehead atoms. The van der Waals surface area contributed by atoms with E-state index in [4.69, 9.17) is 0 Å². The quantitative estimate of drug-likeness (QED) is 0.123. The van der Waals surface area contributed by atoms with Gasteiger partial charge in [-0.15, -0.1) is 11.3 Å². The summed E-state index contributed by atoms with van der Waals surface area (Å²) in [6.07, 6.45) is 19.5. The summed E-state index contributed by atoms with van der Waals surface area (Å²) < 4.78 is 1.37. The Bertz CT molecular complexity index is 3310. The van der Waals surface area contributed by atoms with Gasteiger partial charge in [-0.05, 0) is 180 Å². The third kappa shape index (κ3) is 8.60. The number of anilines is 7. The number of allylic oxidation sites excluding steroid dienone is 5. The van der Waals surface area contributed by atoms with Crippen LogP contribution in [0.15, 0.2) is 139 Å². The van der Waals surface area contributed by atoms with Crippen LogP contribution in [0.1, 0.15) is 146 Å². The zero-order chi connectivity index (χ0) is 49.4. The Morgan fingerprint density at radius 1 is 0.761 bits per heavy atom. The fourth-order valence-corrected chi connectivity index (χ4v) is 13.3. The lowest BCUT2D eigenvalue weighted by Crippen LogP contribution is -2.45. The van der Waals surface area contributed by atoms with Gasteiger partial charge >= 0.3 is 0 Å². The minimum atomic E-state index is -0.154. The molecule has 0 radical (unpaired) electrons. The molecule has 0 saturated heterocycles. The standard InChI is InChI=1S/C66H72BN3S/c1-11-12-18-44-28-33-47(34-29-44)69(46-31-25-42(2)26-32-46)48-40-51(61-58(41-48)70-57-23-15-14-20-52(57)66(9,10)53-21-17-22-54(67-61)62(53)70)60-55(36-35-50-49-19-13-16-24-59(49)71-63(50)60)68-56-39-45(30-27-43(56)3)65(7,8)38-37-64(4,5)6/h14-17,20-25,27-31,33-36,39-41,67-68H,11-13,18-19,26,32,37-38H2,1-10H3. The largest absolute Gasteiger partial charge is 0.355 e. The van der Waals surface area contributed by atoms with Crippen LogP contribution in [0.3, 0.4) is 0 Å². The fraction of sp³-hybridized carbons (Fsp3) is 0.333. The Labute approximate surface area is 429 Å². The highest BCUT2D eigenvalue weighted by molar-refractivity contribution is 7.20. The van der Waals surface area contributed by atoms with E-state index >= 15 is 0 Å². The van der Waals surface area contributed by atoms with Crippen molar-refractivity contribution in [2.45, 2.75) is 138 Å². The van der Waals surface area contributed by atoms with Gasteiger partial charge in [-0.25, -0.2) is 0 Å². The first kappa shape index (κ1) is 47.3. The topological polar surface area (TPSA) is 18.5 Å². The number of para-hydroxylation sites is 2. The van der Waals surface area contributed by atoms with Crippen LogP contribution in [0.4, 0.5) is 39.8 Å². The molecule has 0 amide bonds. The van der Waals surface area contributed by atoms with Gasteiger partial charge in [0.05, 0.1) is 5.69 Å². The molecule has 0 unspecified atom stereocenters. The maximum absolute atomic E-state index is 4.21. The second-order valence-corrected chi connectivity index (χ2v) is 24.6. The van der Waals surface area contributed by atoms with E-state index < -0.39 is 0 Å². The van der Waals surface area contributed by atoms with Crippen LogP contribution in [0.25, 0.3) is 27.3 Å². The highest BCUT2D eigenvalue weighted by Crippen LogP contribution is 2.54. The number of aryl methyl sites for hydroxylation is 3. The van der Waals surface area contributed by atoms with Crippen molar-refractivity contribution in [2.75, 3.05) is 15.1 Å². The van der Waals surface area contributed by atoms with E-state index in [1.165, 1.54) is 135 Å². The van der Waals surface area contributed by atoms with Gasteiger partial charge in [0.2, 0.25) is 0 Å². The first-order valence-corrected chi connectivity index (χ1v) is 27.5.